The van der Waals surface area contributed by atoms with Crippen LogP contribution in [0, 0.1) is 6.92 Å². The molecular formula is C12H16N6O3S. The van der Waals surface area contributed by atoms with Gasteiger partial charge in [-0.2, -0.15) is 10.2 Å². The molecule has 3 rings (SSSR count). The summed E-state index contributed by atoms with van der Waals surface area (Å²) in [6.07, 6.45) is 3.37. The maximum atomic E-state index is 12.2. The van der Waals surface area contributed by atoms with Crippen LogP contribution in [0.1, 0.15) is 34.3 Å². The molecule has 0 aliphatic carbocycles. The number of rotatable bonds is 4. The standard InChI is InChI=1S/C12H16N6O3S/c1-8-10(12(19)13-5-11-14-7-15-17-11)4-16-18(8)9-2-3-22(20,21)6-9/h4,7,9H,2-3,5-6H2,1H3,(H,13,19)(H,14,15,17)/t9-/m1/s1. The molecule has 9 nitrogen and oxygen atoms in total. The Hall–Kier alpha value is -2.23. The van der Waals surface area contributed by atoms with E-state index in [1.165, 1.54) is 12.5 Å². The van der Waals surface area contributed by atoms with Crippen LogP contribution in [0.4, 0.5) is 0 Å². The summed E-state index contributed by atoms with van der Waals surface area (Å²) in [5, 5.41) is 13.3. The minimum atomic E-state index is -2.99. The fraction of sp³-hybridized carbons (Fsp3) is 0.500. The van der Waals surface area contributed by atoms with E-state index in [9.17, 15) is 13.2 Å². The molecule has 0 unspecified atom stereocenters. The molecule has 2 aromatic heterocycles. The molecule has 2 aromatic rings. The van der Waals surface area contributed by atoms with Crippen LogP contribution in [0.3, 0.4) is 0 Å². The average Bonchev–Trinajstić information content (AvgIpc) is 3.16. The number of carbonyl (C=O) groups excluding carboxylic acids is 1. The van der Waals surface area contributed by atoms with E-state index >= 15 is 0 Å². The molecule has 1 aliphatic heterocycles. The van der Waals surface area contributed by atoms with Gasteiger partial charge in [-0.3, -0.25) is 14.6 Å². The second-order valence-electron chi connectivity index (χ2n) is 5.26. The molecule has 10 heteroatoms. The van der Waals surface area contributed by atoms with Crippen molar-refractivity contribution in [2.24, 2.45) is 0 Å². The van der Waals surface area contributed by atoms with E-state index in [2.05, 4.69) is 25.6 Å². The van der Waals surface area contributed by atoms with Crippen molar-refractivity contribution in [3.63, 3.8) is 0 Å². The molecule has 118 valence electrons. The maximum Gasteiger partial charge on any atom is 0.255 e. The fourth-order valence-corrected chi connectivity index (χ4v) is 4.25. The monoisotopic (exact) mass is 324 g/mol. The van der Waals surface area contributed by atoms with Gasteiger partial charge in [-0.15, -0.1) is 0 Å². The first-order chi connectivity index (χ1) is 10.5. The number of hydrogen-bond acceptors (Lipinski definition) is 6. The van der Waals surface area contributed by atoms with Crippen molar-refractivity contribution in [2.45, 2.75) is 25.9 Å². The van der Waals surface area contributed by atoms with Gasteiger partial charge in [0.15, 0.2) is 9.84 Å². The van der Waals surface area contributed by atoms with Gasteiger partial charge in [0.25, 0.3) is 5.91 Å². The van der Waals surface area contributed by atoms with E-state index in [4.69, 9.17) is 0 Å². The van der Waals surface area contributed by atoms with Crippen molar-refractivity contribution in [3.05, 3.63) is 29.6 Å². The number of sulfone groups is 1. The van der Waals surface area contributed by atoms with Crippen LogP contribution in [-0.2, 0) is 16.4 Å². The average molecular weight is 324 g/mol. The third kappa shape index (κ3) is 2.86. The highest BCUT2D eigenvalue weighted by atomic mass is 32.2. The first kappa shape index (κ1) is 14.7. The Morgan fingerprint density at radius 3 is 3.00 bits per heavy atom. The SMILES string of the molecule is Cc1c(C(=O)NCc2ncn[nH]2)cnn1[C@@H]1CCS(=O)(=O)C1. The first-order valence-electron chi connectivity index (χ1n) is 6.83. The summed E-state index contributed by atoms with van der Waals surface area (Å²) in [6, 6.07) is -0.194. The Labute approximate surface area is 127 Å². The van der Waals surface area contributed by atoms with Gasteiger partial charge in [0.1, 0.15) is 12.2 Å². The Balaban J connectivity index is 1.71. The molecule has 0 aromatic carbocycles. The Bertz CT molecular complexity index is 780. The molecule has 2 N–H and O–H groups in total. The molecule has 0 spiro atoms. The molecule has 1 saturated heterocycles. The van der Waals surface area contributed by atoms with E-state index in [1.807, 2.05) is 0 Å². The van der Waals surface area contributed by atoms with Crippen molar-refractivity contribution < 1.29 is 13.2 Å². The topological polar surface area (TPSA) is 123 Å². The van der Waals surface area contributed by atoms with Crippen molar-refractivity contribution in [1.82, 2.24) is 30.3 Å². The van der Waals surface area contributed by atoms with Gasteiger partial charge >= 0.3 is 0 Å². The molecule has 0 saturated carbocycles. The molecule has 22 heavy (non-hydrogen) atoms. The lowest BCUT2D eigenvalue weighted by atomic mass is 10.2. The van der Waals surface area contributed by atoms with Crippen LogP contribution in [0.2, 0.25) is 0 Å². The maximum absolute atomic E-state index is 12.2. The van der Waals surface area contributed by atoms with Gasteiger partial charge in [-0.05, 0) is 13.3 Å². The number of aromatic nitrogens is 5. The summed E-state index contributed by atoms with van der Waals surface area (Å²) in [5.74, 6) is 0.528. The molecule has 3 heterocycles. The molecule has 1 fully saturated rings. The van der Waals surface area contributed by atoms with Crippen LogP contribution in [0.5, 0.6) is 0 Å². The van der Waals surface area contributed by atoms with E-state index in [1.54, 1.807) is 11.6 Å². The number of amides is 1. The number of aromatic amines is 1. The van der Waals surface area contributed by atoms with Crippen molar-refractivity contribution in [1.29, 1.82) is 0 Å². The minimum Gasteiger partial charge on any atom is -0.345 e. The quantitative estimate of drug-likeness (QED) is 0.789. The van der Waals surface area contributed by atoms with Gasteiger partial charge in [0.2, 0.25) is 0 Å². The van der Waals surface area contributed by atoms with Gasteiger partial charge in [0, 0.05) is 5.69 Å². The number of H-pyrrole nitrogens is 1. The van der Waals surface area contributed by atoms with E-state index in [0.717, 1.165) is 0 Å². The summed E-state index contributed by atoms with van der Waals surface area (Å²) in [5.41, 5.74) is 1.10. The molecule has 0 radical (unpaired) electrons. The number of carbonyl (C=O) groups is 1. The predicted molar refractivity (Wildman–Crippen MR) is 76.8 cm³/mol. The Morgan fingerprint density at radius 1 is 1.55 bits per heavy atom. The lowest BCUT2D eigenvalue weighted by Gasteiger charge is -2.11. The first-order valence-corrected chi connectivity index (χ1v) is 8.65. The highest BCUT2D eigenvalue weighted by Gasteiger charge is 2.31. The van der Waals surface area contributed by atoms with E-state index in [0.29, 0.717) is 23.5 Å². The van der Waals surface area contributed by atoms with Crippen molar-refractivity contribution in [3.8, 4) is 0 Å². The second kappa shape index (κ2) is 5.52. The summed E-state index contributed by atoms with van der Waals surface area (Å²) < 4.78 is 24.8. The van der Waals surface area contributed by atoms with Gasteiger partial charge < -0.3 is 5.32 Å². The van der Waals surface area contributed by atoms with Gasteiger partial charge in [0.05, 0.1) is 35.9 Å². The van der Waals surface area contributed by atoms with Crippen LogP contribution in [0.25, 0.3) is 0 Å². The molecule has 0 bridgehead atoms. The van der Waals surface area contributed by atoms with E-state index in [-0.39, 0.29) is 30.0 Å². The number of nitrogens with one attached hydrogen (secondary N) is 2. The summed E-state index contributed by atoms with van der Waals surface area (Å²) in [7, 11) is -2.99. The lowest BCUT2D eigenvalue weighted by molar-refractivity contribution is 0.0949. The zero-order valence-corrected chi connectivity index (χ0v) is 12.8. The second-order valence-corrected chi connectivity index (χ2v) is 7.49. The Kier molecular flexibility index (Phi) is 3.69. The van der Waals surface area contributed by atoms with Crippen LogP contribution >= 0.6 is 0 Å². The third-order valence-corrected chi connectivity index (χ3v) is 5.48. The molecule has 1 aliphatic rings. The Morgan fingerprint density at radius 2 is 2.36 bits per heavy atom. The van der Waals surface area contributed by atoms with E-state index < -0.39 is 9.84 Å². The largest absolute Gasteiger partial charge is 0.345 e. The highest BCUT2D eigenvalue weighted by molar-refractivity contribution is 7.91. The van der Waals surface area contributed by atoms with Crippen molar-refractivity contribution >= 4 is 15.7 Å². The van der Waals surface area contributed by atoms with Crippen LogP contribution in [-0.4, -0.2) is 50.8 Å². The molecule has 1 amide bonds. The van der Waals surface area contributed by atoms with Crippen molar-refractivity contribution in [2.75, 3.05) is 11.5 Å². The normalized spacial score (nSPS) is 20.1. The lowest BCUT2D eigenvalue weighted by Crippen LogP contribution is -2.24. The zero-order chi connectivity index (χ0) is 15.7. The molecular weight excluding hydrogens is 308 g/mol. The van der Waals surface area contributed by atoms with Gasteiger partial charge in [-0.25, -0.2) is 13.4 Å². The van der Waals surface area contributed by atoms with Crippen LogP contribution in [0.15, 0.2) is 12.5 Å². The number of hydrogen-bond donors (Lipinski definition) is 2. The predicted octanol–water partition coefficient (Wildman–Crippen LogP) is -0.401. The van der Waals surface area contributed by atoms with Gasteiger partial charge in [-0.1, -0.05) is 0 Å². The zero-order valence-electron chi connectivity index (χ0n) is 12.0. The fourth-order valence-electron chi connectivity index (χ4n) is 2.56. The summed E-state index contributed by atoms with van der Waals surface area (Å²) in [6.45, 7) is 2.00. The summed E-state index contributed by atoms with van der Waals surface area (Å²) in [4.78, 5) is 16.1. The third-order valence-electron chi connectivity index (χ3n) is 3.72. The minimum absolute atomic E-state index is 0.0780. The highest BCUT2D eigenvalue weighted by Crippen LogP contribution is 2.25. The molecule has 1 atom stereocenters. The van der Waals surface area contributed by atoms with Crippen LogP contribution < -0.4 is 5.32 Å². The summed E-state index contributed by atoms with van der Waals surface area (Å²) >= 11 is 0. The smallest absolute Gasteiger partial charge is 0.255 e. The number of nitrogens with zero attached hydrogens (tertiary/aromatic N) is 4.